The van der Waals surface area contributed by atoms with E-state index in [1.165, 1.54) is 5.56 Å². The molecule has 3 rings (SSSR count). The third kappa shape index (κ3) is 4.18. The molecule has 1 unspecified atom stereocenters. The van der Waals surface area contributed by atoms with Crippen molar-refractivity contribution in [3.63, 3.8) is 0 Å². The summed E-state index contributed by atoms with van der Waals surface area (Å²) in [6.07, 6.45) is 0.877. The maximum absolute atomic E-state index is 12.2. The molecular formula is C20H24N2O3. The molecule has 0 aromatic heterocycles. The minimum absolute atomic E-state index is 0.217. The first kappa shape index (κ1) is 17.5. The van der Waals surface area contributed by atoms with Crippen molar-refractivity contribution in [2.24, 2.45) is 0 Å². The number of amides is 2. The van der Waals surface area contributed by atoms with Gasteiger partial charge in [0.25, 0.3) is 0 Å². The van der Waals surface area contributed by atoms with Crippen LogP contribution in [0.25, 0.3) is 0 Å². The average molecular weight is 340 g/mol. The van der Waals surface area contributed by atoms with Crippen molar-refractivity contribution in [3.05, 3.63) is 71.3 Å². The lowest BCUT2D eigenvalue weighted by Gasteiger charge is -2.38. The van der Waals surface area contributed by atoms with Gasteiger partial charge in [0.15, 0.2) is 0 Å². The molecule has 1 atom stereocenters. The molecule has 1 aliphatic rings. The van der Waals surface area contributed by atoms with Gasteiger partial charge in [-0.15, -0.1) is 0 Å². The van der Waals surface area contributed by atoms with Gasteiger partial charge in [-0.05, 0) is 23.1 Å². The molecule has 2 N–H and O–H groups in total. The van der Waals surface area contributed by atoms with Crippen LogP contribution >= 0.6 is 0 Å². The van der Waals surface area contributed by atoms with Crippen molar-refractivity contribution < 1.29 is 14.3 Å². The summed E-state index contributed by atoms with van der Waals surface area (Å²) in [5.74, 6) is 0. The van der Waals surface area contributed by atoms with Crippen molar-refractivity contribution in [1.29, 1.82) is 0 Å². The fourth-order valence-electron chi connectivity index (χ4n) is 3.23. The van der Waals surface area contributed by atoms with Crippen LogP contribution in [-0.4, -0.2) is 32.9 Å². The van der Waals surface area contributed by atoms with Crippen LogP contribution in [0.1, 0.15) is 16.7 Å². The zero-order chi connectivity index (χ0) is 17.5. The topological polar surface area (TPSA) is 59.6 Å². The minimum Gasteiger partial charge on any atom is -0.381 e. The smallest absolute Gasteiger partial charge is 0.315 e. The molecule has 2 aromatic rings. The number of carbonyl (C=O) groups is 1. The van der Waals surface area contributed by atoms with Gasteiger partial charge in [0.2, 0.25) is 0 Å². The maximum atomic E-state index is 12.2. The number of benzene rings is 2. The number of hydrogen-bond donors (Lipinski definition) is 2. The number of rotatable bonds is 6. The predicted molar refractivity (Wildman–Crippen MR) is 96.3 cm³/mol. The molecule has 0 bridgehead atoms. The van der Waals surface area contributed by atoms with Gasteiger partial charge in [-0.2, -0.15) is 0 Å². The summed E-state index contributed by atoms with van der Waals surface area (Å²) >= 11 is 0. The van der Waals surface area contributed by atoms with Crippen LogP contribution in [0.3, 0.4) is 0 Å². The van der Waals surface area contributed by atoms with E-state index >= 15 is 0 Å². The Morgan fingerprint density at radius 3 is 2.68 bits per heavy atom. The van der Waals surface area contributed by atoms with Gasteiger partial charge in [0, 0.05) is 13.7 Å². The van der Waals surface area contributed by atoms with Gasteiger partial charge in [-0.25, -0.2) is 4.79 Å². The Hall–Kier alpha value is -2.37. The molecule has 1 aliphatic heterocycles. The second-order valence-corrected chi connectivity index (χ2v) is 6.20. The van der Waals surface area contributed by atoms with Gasteiger partial charge < -0.3 is 20.1 Å². The molecular weight excluding hydrogens is 316 g/mol. The number of carbonyl (C=O) groups excluding carboxylic acids is 1. The number of ether oxygens (including phenoxy) is 2. The quantitative estimate of drug-likeness (QED) is 0.850. The molecule has 0 spiro atoms. The molecule has 25 heavy (non-hydrogen) atoms. The van der Waals surface area contributed by atoms with Gasteiger partial charge in [0.1, 0.15) is 5.60 Å². The summed E-state index contributed by atoms with van der Waals surface area (Å²) in [7, 11) is 1.65. The normalized spacial score (nSPS) is 19.1. The Balaban J connectivity index is 1.64. The van der Waals surface area contributed by atoms with Crippen LogP contribution in [0.2, 0.25) is 0 Å². The number of urea groups is 1. The van der Waals surface area contributed by atoms with Crippen molar-refractivity contribution in [2.45, 2.75) is 18.6 Å². The standard InChI is InChI=1S/C20H24N2O3/c1-24-15-20(18-10-6-5-9-17(18)11-12-25-20)14-22-19(23)21-13-16-7-3-2-4-8-16/h2-10H,11-15H2,1H3,(H2,21,22,23). The van der Waals surface area contributed by atoms with Crippen molar-refractivity contribution in [1.82, 2.24) is 10.6 Å². The highest BCUT2D eigenvalue weighted by molar-refractivity contribution is 5.74. The number of methoxy groups -OCH3 is 1. The molecule has 0 saturated carbocycles. The van der Waals surface area contributed by atoms with E-state index in [1.807, 2.05) is 42.5 Å². The fourth-order valence-corrected chi connectivity index (χ4v) is 3.23. The third-order valence-electron chi connectivity index (χ3n) is 4.47. The first-order valence-electron chi connectivity index (χ1n) is 8.50. The van der Waals surface area contributed by atoms with E-state index in [9.17, 15) is 4.79 Å². The summed E-state index contributed by atoms with van der Waals surface area (Å²) in [6, 6.07) is 17.8. The van der Waals surface area contributed by atoms with E-state index in [2.05, 4.69) is 22.8 Å². The second-order valence-electron chi connectivity index (χ2n) is 6.20. The number of hydrogen-bond acceptors (Lipinski definition) is 3. The van der Waals surface area contributed by atoms with Crippen molar-refractivity contribution in [2.75, 3.05) is 26.9 Å². The van der Waals surface area contributed by atoms with Crippen molar-refractivity contribution in [3.8, 4) is 0 Å². The first-order valence-corrected chi connectivity index (χ1v) is 8.50. The van der Waals surface area contributed by atoms with Gasteiger partial charge in [0.05, 0.1) is 19.8 Å². The lowest BCUT2D eigenvalue weighted by Crippen LogP contribution is -2.50. The van der Waals surface area contributed by atoms with Crippen LogP contribution in [0.15, 0.2) is 54.6 Å². The summed E-state index contributed by atoms with van der Waals surface area (Å²) in [6.45, 7) is 1.86. The van der Waals surface area contributed by atoms with E-state index in [4.69, 9.17) is 9.47 Å². The fraction of sp³-hybridized carbons (Fsp3) is 0.350. The van der Waals surface area contributed by atoms with Crippen LogP contribution in [0.4, 0.5) is 4.79 Å². The monoisotopic (exact) mass is 340 g/mol. The number of fused-ring (bicyclic) bond motifs is 1. The second kappa shape index (κ2) is 8.14. The predicted octanol–water partition coefficient (Wildman–Crippen LogP) is 2.60. The molecule has 0 aliphatic carbocycles. The Labute approximate surface area is 148 Å². The zero-order valence-electron chi connectivity index (χ0n) is 14.5. The van der Waals surface area contributed by atoms with E-state index in [-0.39, 0.29) is 6.03 Å². The highest BCUT2D eigenvalue weighted by Crippen LogP contribution is 2.33. The molecule has 5 heteroatoms. The average Bonchev–Trinajstić information content (AvgIpc) is 2.66. The highest BCUT2D eigenvalue weighted by atomic mass is 16.5. The van der Waals surface area contributed by atoms with Gasteiger partial charge >= 0.3 is 6.03 Å². The molecule has 132 valence electrons. The van der Waals surface area contributed by atoms with E-state index in [0.29, 0.717) is 26.3 Å². The van der Waals surface area contributed by atoms with Crippen molar-refractivity contribution >= 4 is 6.03 Å². The maximum Gasteiger partial charge on any atom is 0.315 e. The Morgan fingerprint density at radius 1 is 1.12 bits per heavy atom. The molecule has 5 nitrogen and oxygen atoms in total. The minimum atomic E-state index is -0.645. The summed E-state index contributed by atoms with van der Waals surface area (Å²) in [5, 5.41) is 5.81. The summed E-state index contributed by atoms with van der Waals surface area (Å²) < 4.78 is 11.5. The zero-order valence-corrected chi connectivity index (χ0v) is 14.5. The lowest BCUT2D eigenvalue weighted by molar-refractivity contribution is -0.0994. The van der Waals surface area contributed by atoms with Crippen LogP contribution < -0.4 is 10.6 Å². The summed E-state index contributed by atoms with van der Waals surface area (Å²) in [5.41, 5.74) is 2.75. The Morgan fingerprint density at radius 2 is 1.88 bits per heavy atom. The van der Waals surface area contributed by atoms with E-state index in [1.54, 1.807) is 7.11 Å². The number of nitrogens with one attached hydrogen (secondary N) is 2. The highest BCUT2D eigenvalue weighted by Gasteiger charge is 2.38. The van der Waals surface area contributed by atoms with Crippen LogP contribution in [0, 0.1) is 0 Å². The molecule has 0 saturated heterocycles. The van der Waals surface area contributed by atoms with Gasteiger partial charge in [-0.3, -0.25) is 0 Å². The van der Waals surface area contributed by atoms with Crippen LogP contribution in [-0.2, 0) is 28.0 Å². The molecule has 2 aromatic carbocycles. The third-order valence-corrected chi connectivity index (χ3v) is 4.47. The first-order chi connectivity index (χ1) is 12.2. The van der Waals surface area contributed by atoms with E-state index in [0.717, 1.165) is 17.5 Å². The van der Waals surface area contributed by atoms with Gasteiger partial charge in [-0.1, -0.05) is 54.6 Å². The summed E-state index contributed by atoms with van der Waals surface area (Å²) in [4.78, 5) is 12.2. The SMILES string of the molecule is COCC1(CNC(=O)NCc2ccccc2)OCCc2ccccc21. The Kier molecular flexibility index (Phi) is 5.68. The lowest BCUT2D eigenvalue weighted by atomic mass is 9.86. The molecule has 1 heterocycles. The molecule has 2 amide bonds. The molecule has 0 fully saturated rings. The van der Waals surface area contributed by atoms with E-state index < -0.39 is 5.60 Å². The Bertz CT molecular complexity index is 705. The largest absolute Gasteiger partial charge is 0.381 e. The molecule has 0 radical (unpaired) electrons. The van der Waals surface area contributed by atoms with Crippen LogP contribution in [0.5, 0.6) is 0 Å².